The highest BCUT2D eigenvalue weighted by molar-refractivity contribution is 14.1. The van der Waals surface area contributed by atoms with Crippen LogP contribution in [0.25, 0.3) is 11.3 Å². The Balaban J connectivity index is 1.48. The molecule has 1 aliphatic heterocycles. The van der Waals surface area contributed by atoms with Gasteiger partial charge in [0.2, 0.25) is 0 Å². The molecule has 9 nitrogen and oxygen atoms in total. The zero-order valence-electron chi connectivity index (χ0n) is 22.0. The molecule has 0 unspecified atom stereocenters. The SMILES string of the molecule is C[C@@H](c1ccccc1)[C@@H](c1ncc(-c2ccc(I)cc2F)[nH]1)N1C(=O)N[C@H](c2ccc(OC(CO)CO)cc2)C1=O. The fraction of sp³-hybridized carbons (Fsp3) is 0.233. The molecule has 5 rings (SSSR count). The van der Waals surface area contributed by atoms with E-state index in [1.165, 1.54) is 17.2 Å². The second-order valence-electron chi connectivity index (χ2n) is 9.72. The summed E-state index contributed by atoms with van der Waals surface area (Å²) in [6.07, 6.45) is 0.738. The van der Waals surface area contributed by atoms with E-state index in [4.69, 9.17) is 4.74 Å². The summed E-state index contributed by atoms with van der Waals surface area (Å²) in [4.78, 5) is 36.1. The first-order valence-electron chi connectivity index (χ1n) is 13.0. The summed E-state index contributed by atoms with van der Waals surface area (Å²) in [6.45, 7) is 1.21. The lowest BCUT2D eigenvalue weighted by Crippen LogP contribution is -2.38. The number of imide groups is 1. The van der Waals surface area contributed by atoms with Gasteiger partial charge in [0, 0.05) is 15.1 Å². The van der Waals surface area contributed by atoms with E-state index in [2.05, 4.69) is 15.3 Å². The molecule has 0 spiro atoms. The lowest BCUT2D eigenvalue weighted by molar-refractivity contribution is -0.129. The minimum atomic E-state index is -0.948. The van der Waals surface area contributed by atoms with Gasteiger partial charge in [-0.3, -0.25) is 9.69 Å². The monoisotopic (exact) mass is 670 g/mol. The van der Waals surface area contributed by atoms with Gasteiger partial charge in [-0.25, -0.2) is 14.2 Å². The van der Waals surface area contributed by atoms with Crippen LogP contribution in [0.2, 0.25) is 0 Å². The Morgan fingerprint density at radius 3 is 2.41 bits per heavy atom. The van der Waals surface area contributed by atoms with E-state index in [1.54, 1.807) is 36.4 Å². The van der Waals surface area contributed by atoms with Crippen molar-refractivity contribution in [3.05, 3.63) is 105 Å². The molecule has 0 bridgehead atoms. The summed E-state index contributed by atoms with van der Waals surface area (Å²) < 4.78 is 21.0. The molecule has 41 heavy (non-hydrogen) atoms. The number of carbonyl (C=O) groups excluding carboxylic acids is 2. The van der Waals surface area contributed by atoms with Crippen molar-refractivity contribution in [2.45, 2.75) is 31.0 Å². The second kappa shape index (κ2) is 12.4. The first-order chi connectivity index (χ1) is 19.8. The highest BCUT2D eigenvalue weighted by atomic mass is 127. The zero-order chi connectivity index (χ0) is 29.1. The van der Waals surface area contributed by atoms with Gasteiger partial charge in [-0.15, -0.1) is 0 Å². The van der Waals surface area contributed by atoms with Gasteiger partial charge < -0.3 is 25.3 Å². The number of nitrogens with one attached hydrogen (secondary N) is 2. The van der Waals surface area contributed by atoms with Crippen LogP contribution in [-0.2, 0) is 4.79 Å². The van der Waals surface area contributed by atoms with Crippen molar-refractivity contribution < 1.29 is 28.9 Å². The number of ether oxygens (including phenoxy) is 1. The maximum atomic E-state index is 14.8. The Kier molecular flexibility index (Phi) is 8.66. The molecule has 212 valence electrons. The van der Waals surface area contributed by atoms with Crippen LogP contribution in [0.3, 0.4) is 0 Å². The lowest BCUT2D eigenvalue weighted by atomic mass is 9.91. The van der Waals surface area contributed by atoms with Crippen molar-refractivity contribution in [2.24, 2.45) is 0 Å². The predicted octanol–water partition coefficient (Wildman–Crippen LogP) is 4.69. The molecule has 0 saturated carbocycles. The van der Waals surface area contributed by atoms with Crippen LogP contribution in [0.15, 0.2) is 79.0 Å². The van der Waals surface area contributed by atoms with Crippen LogP contribution < -0.4 is 10.1 Å². The number of imidazole rings is 1. The molecule has 1 fully saturated rings. The number of aliphatic hydroxyl groups excluding tert-OH is 2. The van der Waals surface area contributed by atoms with E-state index < -0.39 is 35.9 Å². The number of carbonyl (C=O) groups is 2. The van der Waals surface area contributed by atoms with Gasteiger partial charge in [0.1, 0.15) is 35.6 Å². The first-order valence-corrected chi connectivity index (χ1v) is 14.1. The maximum Gasteiger partial charge on any atom is 0.325 e. The fourth-order valence-corrected chi connectivity index (χ4v) is 5.35. The van der Waals surface area contributed by atoms with Crippen molar-refractivity contribution in [1.29, 1.82) is 0 Å². The van der Waals surface area contributed by atoms with Crippen LogP contribution in [-0.4, -0.2) is 56.3 Å². The lowest BCUT2D eigenvalue weighted by Gasteiger charge is -2.29. The molecule has 3 atom stereocenters. The normalized spacial score (nSPS) is 16.6. The maximum absolute atomic E-state index is 14.8. The van der Waals surface area contributed by atoms with Gasteiger partial charge >= 0.3 is 6.03 Å². The van der Waals surface area contributed by atoms with Crippen LogP contribution >= 0.6 is 22.6 Å². The molecular weight excluding hydrogens is 642 g/mol. The molecule has 4 aromatic rings. The average Bonchev–Trinajstić information content (AvgIpc) is 3.57. The van der Waals surface area contributed by atoms with Crippen molar-refractivity contribution >= 4 is 34.5 Å². The summed E-state index contributed by atoms with van der Waals surface area (Å²) in [5.41, 5.74) is 2.19. The van der Waals surface area contributed by atoms with E-state index in [9.17, 15) is 24.2 Å². The number of nitrogens with zero attached hydrogens (tertiary/aromatic N) is 2. The quantitative estimate of drug-likeness (QED) is 0.143. The van der Waals surface area contributed by atoms with Crippen molar-refractivity contribution in [3.63, 3.8) is 0 Å². The number of benzene rings is 3. The number of halogens is 2. The van der Waals surface area contributed by atoms with Gasteiger partial charge in [-0.2, -0.15) is 0 Å². The molecule has 11 heteroatoms. The Hall–Kier alpha value is -3.81. The smallest absolute Gasteiger partial charge is 0.325 e. The van der Waals surface area contributed by atoms with E-state index in [0.717, 1.165) is 9.13 Å². The van der Waals surface area contributed by atoms with Crippen LogP contribution in [0, 0.1) is 9.39 Å². The molecule has 3 amide bonds. The summed E-state index contributed by atoms with van der Waals surface area (Å²) in [5, 5.41) is 21.3. The van der Waals surface area contributed by atoms with E-state index in [-0.39, 0.29) is 19.1 Å². The summed E-state index contributed by atoms with van der Waals surface area (Å²) in [5.74, 6) is -0.474. The molecule has 0 aliphatic carbocycles. The molecule has 2 heterocycles. The van der Waals surface area contributed by atoms with Gasteiger partial charge in [0.25, 0.3) is 5.91 Å². The summed E-state index contributed by atoms with van der Waals surface area (Å²) >= 11 is 2.04. The minimum absolute atomic E-state index is 0.331. The number of aromatic nitrogens is 2. The number of urea groups is 1. The van der Waals surface area contributed by atoms with Crippen molar-refractivity contribution in [2.75, 3.05) is 13.2 Å². The van der Waals surface area contributed by atoms with Crippen LogP contribution in [0.5, 0.6) is 5.75 Å². The van der Waals surface area contributed by atoms with E-state index >= 15 is 0 Å². The molecule has 0 radical (unpaired) electrons. The van der Waals surface area contributed by atoms with E-state index in [0.29, 0.717) is 28.4 Å². The Labute approximate surface area is 249 Å². The fourth-order valence-electron chi connectivity index (χ4n) is 4.90. The number of hydrogen-bond acceptors (Lipinski definition) is 6. The Morgan fingerprint density at radius 1 is 1.05 bits per heavy atom. The van der Waals surface area contributed by atoms with E-state index in [1.807, 2.05) is 59.8 Å². The second-order valence-corrected chi connectivity index (χ2v) is 11.0. The highest BCUT2D eigenvalue weighted by Crippen LogP contribution is 2.39. The average molecular weight is 670 g/mol. The van der Waals surface area contributed by atoms with Crippen LogP contribution in [0.4, 0.5) is 9.18 Å². The number of H-pyrrole nitrogens is 1. The highest BCUT2D eigenvalue weighted by Gasteiger charge is 2.46. The number of hydrogen-bond donors (Lipinski definition) is 4. The predicted molar refractivity (Wildman–Crippen MR) is 157 cm³/mol. The van der Waals surface area contributed by atoms with Gasteiger partial charge in [0.15, 0.2) is 0 Å². The van der Waals surface area contributed by atoms with Crippen LogP contribution in [0.1, 0.15) is 41.9 Å². The minimum Gasteiger partial charge on any atom is -0.486 e. The third kappa shape index (κ3) is 5.97. The Morgan fingerprint density at radius 2 is 1.76 bits per heavy atom. The summed E-state index contributed by atoms with van der Waals surface area (Å²) in [7, 11) is 0. The standard InChI is InChI=1S/C30H28FIN4O5/c1-17(18-5-3-2-4-6-18)27(28-33-14-25(34-28)23-12-9-20(32)13-24(23)31)36-29(39)26(35-30(36)40)19-7-10-21(11-8-19)41-22(15-37)16-38/h2-14,17,22,26-27,37-38H,15-16H2,1H3,(H,33,34)(H,35,40)/t17-,26+,27-/m0/s1. The van der Waals surface area contributed by atoms with Crippen molar-refractivity contribution in [3.8, 4) is 17.0 Å². The van der Waals surface area contributed by atoms with Gasteiger partial charge in [-0.1, -0.05) is 49.4 Å². The number of aliphatic hydroxyl groups is 2. The van der Waals surface area contributed by atoms with Gasteiger partial charge in [0.05, 0.1) is 25.1 Å². The van der Waals surface area contributed by atoms with Crippen molar-refractivity contribution in [1.82, 2.24) is 20.2 Å². The molecule has 3 aromatic carbocycles. The van der Waals surface area contributed by atoms with Gasteiger partial charge in [-0.05, 0) is 64.0 Å². The largest absolute Gasteiger partial charge is 0.486 e. The third-order valence-electron chi connectivity index (χ3n) is 7.07. The topological polar surface area (TPSA) is 128 Å². The number of rotatable bonds is 10. The molecule has 4 N–H and O–H groups in total. The number of amides is 3. The zero-order valence-corrected chi connectivity index (χ0v) is 24.2. The number of aromatic amines is 1. The molecular formula is C30H28FIN4O5. The summed E-state index contributed by atoms with van der Waals surface area (Å²) in [6, 6.07) is 18.5. The molecule has 1 aliphatic rings. The molecule has 1 saturated heterocycles. The Bertz CT molecular complexity index is 1530. The molecule has 1 aromatic heterocycles. The first kappa shape index (κ1) is 28.7. The third-order valence-corrected chi connectivity index (χ3v) is 7.74.